The van der Waals surface area contributed by atoms with Crippen LogP contribution in [0.15, 0.2) is 48.5 Å². The van der Waals surface area contributed by atoms with Crippen LogP contribution in [0.4, 0.5) is 0 Å². The molecule has 3 rings (SSSR count). The molecule has 110 valence electrons. The summed E-state index contributed by atoms with van der Waals surface area (Å²) in [5.41, 5.74) is 0.0240. The van der Waals surface area contributed by atoms with E-state index in [4.69, 9.17) is 4.98 Å². The maximum absolute atomic E-state index is 5.15. The molecule has 0 fully saturated rings. The molecule has 4 heteroatoms. The van der Waals surface area contributed by atoms with Crippen molar-refractivity contribution in [1.82, 2.24) is 0 Å². The SMILES string of the molecule is CC(C)(C)[N-][Si](C)(C)[c-]1ccc2c3ccccc3ccc21.[Li+].[Li+]. The smallest absolute Gasteiger partial charge is 0.663 e. The molecule has 0 N–H and O–H groups in total. The third kappa shape index (κ3) is 4.21. The Morgan fingerprint density at radius 3 is 2.17 bits per heavy atom. The van der Waals surface area contributed by atoms with Crippen LogP contribution in [0.3, 0.4) is 0 Å². The minimum absolute atomic E-state index is 0. The Hall–Kier alpha value is -0.318. The average molecular weight is 307 g/mol. The summed E-state index contributed by atoms with van der Waals surface area (Å²) >= 11 is 0. The summed E-state index contributed by atoms with van der Waals surface area (Å²) in [5, 5.41) is 6.88. The van der Waals surface area contributed by atoms with Gasteiger partial charge >= 0.3 is 37.7 Å². The summed E-state index contributed by atoms with van der Waals surface area (Å²) in [6.07, 6.45) is 0. The topological polar surface area (TPSA) is 14.1 Å². The number of nitrogens with zero attached hydrogens (tertiary/aromatic N) is 1. The van der Waals surface area contributed by atoms with E-state index in [1.807, 2.05) is 0 Å². The first-order valence-corrected chi connectivity index (χ1v) is 10.5. The number of benzene rings is 2. The summed E-state index contributed by atoms with van der Waals surface area (Å²) in [6.45, 7) is 11.3. The summed E-state index contributed by atoms with van der Waals surface area (Å²) in [4.78, 5) is 5.15. The van der Waals surface area contributed by atoms with Crippen LogP contribution in [-0.2, 0) is 0 Å². The van der Waals surface area contributed by atoms with Crippen molar-refractivity contribution in [3.8, 4) is 0 Å². The third-order valence-electron chi connectivity index (χ3n) is 3.95. The van der Waals surface area contributed by atoms with E-state index in [-0.39, 0.29) is 43.3 Å². The van der Waals surface area contributed by atoms with Crippen molar-refractivity contribution in [1.29, 1.82) is 0 Å². The van der Waals surface area contributed by atoms with Crippen molar-refractivity contribution < 1.29 is 37.7 Å². The van der Waals surface area contributed by atoms with Gasteiger partial charge in [0, 0.05) is 0 Å². The van der Waals surface area contributed by atoms with Crippen molar-refractivity contribution in [3.63, 3.8) is 0 Å². The van der Waals surface area contributed by atoms with Crippen molar-refractivity contribution >= 4 is 35.0 Å². The number of rotatable bonds is 2. The Kier molecular flexibility index (Phi) is 6.56. The van der Waals surface area contributed by atoms with Crippen molar-refractivity contribution in [2.45, 2.75) is 39.4 Å². The van der Waals surface area contributed by atoms with Gasteiger partial charge in [0.05, 0.1) is 0 Å². The van der Waals surface area contributed by atoms with Crippen LogP contribution in [0.1, 0.15) is 20.8 Å². The molecule has 23 heavy (non-hydrogen) atoms. The predicted molar refractivity (Wildman–Crippen MR) is 97.3 cm³/mol. The van der Waals surface area contributed by atoms with E-state index in [9.17, 15) is 0 Å². The van der Waals surface area contributed by atoms with E-state index >= 15 is 0 Å². The zero-order valence-electron chi connectivity index (χ0n) is 15.6. The van der Waals surface area contributed by atoms with E-state index in [2.05, 4.69) is 82.4 Å². The molecular formula is C19H23Li2NSi. The molecule has 0 radical (unpaired) electrons. The second kappa shape index (κ2) is 7.28. The van der Waals surface area contributed by atoms with Gasteiger partial charge in [0.1, 0.15) is 0 Å². The molecule has 0 aliphatic heterocycles. The summed E-state index contributed by atoms with van der Waals surface area (Å²) < 4.78 is 0. The van der Waals surface area contributed by atoms with Crippen LogP contribution in [-0.4, -0.2) is 13.8 Å². The number of fused-ring (bicyclic) bond motifs is 3. The molecule has 1 nitrogen and oxygen atoms in total. The maximum atomic E-state index is 5.15. The second-order valence-corrected chi connectivity index (χ2v) is 11.2. The molecule has 0 aliphatic rings. The fourth-order valence-electron chi connectivity index (χ4n) is 3.40. The Bertz CT molecular complexity index is 800. The Morgan fingerprint density at radius 1 is 0.870 bits per heavy atom. The van der Waals surface area contributed by atoms with Crippen molar-refractivity contribution in [2.75, 3.05) is 0 Å². The van der Waals surface area contributed by atoms with Gasteiger partial charge in [-0.25, -0.2) is 0 Å². The molecule has 0 amide bonds. The monoisotopic (exact) mass is 307 g/mol. The average Bonchev–Trinajstić information content (AvgIpc) is 2.80. The van der Waals surface area contributed by atoms with Crippen LogP contribution >= 0.6 is 0 Å². The van der Waals surface area contributed by atoms with Gasteiger partial charge in [0.15, 0.2) is 0 Å². The first-order valence-electron chi connectivity index (χ1n) is 7.60. The predicted octanol–water partition coefficient (Wildman–Crippen LogP) is -0.696. The molecule has 0 bridgehead atoms. The summed E-state index contributed by atoms with van der Waals surface area (Å²) in [5.74, 6) is 0. The minimum atomic E-state index is -1.79. The Labute approximate surface area is 165 Å². The Morgan fingerprint density at radius 2 is 1.52 bits per heavy atom. The van der Waals surface area contributed by atoms with Crippen molar-refractivity contribution in [2.24, 2.45) is 0 Å². The quantitative estimate of drug-likeness (QED) is 0.439. The molecule has 3 aromatic carbocycles. The molecule has 0 unspecified atom stereocenters. The largest absolute Gasteiger partial charge is 1.00 e. The molecule has 0 spiro atoms. The summed E-state index contributed by atoms with van der Waals surface area (Å²) in [6, 6.07) is 17.7. The van der Waals surface area contributed by atoms with Crippen LogP contribution < -0.4 is 42.9 Å². The van der Waals surface area contributed by atoms with Crippen LogP contribution in [0, 0.1) is 0 Å². The standard InChI is InChI=1S/C19H23NSi.2Li/c1-19(2,3)20-21(4,5)18-13-12-16-15-9-7-6-8-14(15)10-11-17(16)18;;/h6-13H,1-5H3;;/q-2;2*+1. The minimum Gasteiger partial charge on any atom is -0.663 e. The van der Waals surface area contributed by atoms with Crippen molar-refractivity contribution in [3.05, 3.63) is 53.5 Å². The van der Waals surface area contributed by atoms with Gasteiger partial charge in [-0.2, -0.15) is 22.7 Å². The first kappa shape index (κ1) is 20.7. The van der Waals surface area contributed by atoms with Gasteiger partial charge in [-0.1, -0.05) is 77.8 Å². The normalized spacial score (nSPS) is 12.0. The molecule has 0 atom stereocenters. The van der Waals surface area contributed by atoms with E-state index < -0.39 is 8.24 Å². The van der Waals surface area contributed by atoms with Gasteiger partial charge in [-0.3, -0.25) is 0 Å². The third-order valence-corrected chi connectivity index (χ3v) is 6.94. The van der Waals surface area contributed by atoms with Gasteiger partial charge in [-0.05, 0) is 5.39 Å². The van der Waals surface area contributed by atoms with Crippen LogP contribution in [0.25, 0.3) is 26.5 Å². The second-order valence-electron chi connectivity index (χ2n) is 7.34. The number of hydrogen-bond donors (Lipinski definition) is 0. The maximum Gasteiger partial charge on any atom is 1.00 e. The Balaban J connectivity index is 0.00000132. The molecule has 0 aliphatic carbocycles. The fraction of sp³-hybridized carbons (Fsp3) is 0.316. The van der Waals surface area contributed by atoms with E-state index in [1.54, 1.807) is 0 Å². The molecular weight excluding hydrogens is 284 g/mol. The van der Waals surface area contributed by atoms with Gasteiger partial charge < -0.3 is 4.98 Å². The summed E-state index contributed by atoms with van der Waals surface area (Å²) in [7, 11) is -1.79. The number of hydrogen-bond acceptors (Lipinski definition) is 0. The van der Waals surface area contributed by atoms with Gasteiger partial charge in [0.2, 0.25) is 0 Å². The zero-order valence-corrected chi connectivity index (χ0v) is 16.6. The van der Waals surface area contributed by atoms with E-state index in [0.717, 1.165) is 0 Å². The fourth-order valence-corrected chi connectivity index (χ4v) is 6.56. The van der Waals surface area contributed by atoms with E-state index in [0.29, 0.717) is 0 Å². The van der Waals surface area contributed by atoms with E-state index in [1.165, 1.54) is 26.7 Å². The van der Waals surface area contributed by atoms with Gasteiger partial charge in [0.25, 0.3) is 0 Å². The van der Waals surface area contributed by atoms with Crippen LogP contribution in [0.2, 0.25) is 13.1 Å². The molecule has 0 saturated carbocycles. The molecule has 0 saturated heterocycles. The molecule has 0 aromatic heterocycles. The zero-order chi connectivity index (χ0) is 15.3. The molecule has 0 heterocycles. The molecule has 3 aromatic rings. The van der Waals surface area contributed by atoms with Gasteiger partial charge in [-0.15, -0.1) is 17.0 Å². The van der Waals surface area contributed by atoms with Crippen LogP contribution in [0.5, 0.6) is 0 Å². The first-order chi connectivity index (χ1) is 9.78.